The van der Waals surface area contributed by atoms with E-state index < -0.39 is 34.3 Å². The van der Waals surface area contributed by atoms with Crippen LogP contribution in [-0.4, -0.2) is 50.5 Å². The van der Waals surface area contributed by atoms with Gasteiger partial charge < -0.3 is 10.2 Å². The van der Waals surface area contributed by atoms with Gasteiger partial charge in [0.05, 0.1) is 11.9 Å². The fourth-order valence-electron chi connectivity index (χ4n) is 4.55. The number of nitrogens with one attached hydrogen (secondary N) is 1. The summed E-state index contributed by atoms with van der Waals surface area (Å²) in [6, 6.07) is 19.5. The van der Waals surface area contributed by atoms with Gasteiger partial charge in [0.15, 0.2) is 0 Å². The summed E-state index contributed by atoms with van der Waals surface area (Å²) in [6.07, 6.45) is 2.96. The van der Waals surface area contributed by atoms with Crippen LogP contribution in [0, 0.1) is 19.7 Å². The molecule has 3 aromatic carbocycles. The molecule has 40 heavy (non-hydrogen) atoms. The van der Waals surface area contributed by atoms with Gasteiger partial charge in [-0.05, 0) is 66.8 Å². The highest BCUT2D eigenvalue weighted by Crippen LogP contribution is 2.23. The molecule has 0 aliphatic heterocycles. The number of rotatable bonds is 13. The molecule has 0 fully saturated rings. The van der Waals surface area contributed by atoms with Gasteiger partial charge in [-0.25, -0.2) is 12.8 Å². The molecule has 0 heterocycles. The number of anilines is 1. The third-order valence-corrected chi connectivity index (χ3v) is 7.68. The molecule has 0 aromatic heterocycles. The van der Waals surface area contributed by atoms with Gasteiger partial charge in [0, 0.05) is 19.5 Å². The van der Waals surface area contributed by atoms with E-state index in [1.165, 1.54) is 17.0 Å². The van der Waals surface area contributed by atoms with Crippen LogP contribution in [0.15, 0.2) is 72.8 Å². The maximum atomic E-state index is 14.0. The van der Waals surface area contributed by atoms with Crippen molar-refractivity contribution in [3.8, 4) is 0 Å². The first-order valence-electron chi connectivity index (χ1n) is 13.4. The Labute approximate surface area is 237 Å². The summed E-state index contributed by atoms with van der Waals surface area (Å²) in [5, 5.41) is 2.94. The molecule has 9 heteroatoms. The Hall–Kier alpha value is -3.72. The molecule has 2 amide bonds. The SMILES string of the molecule is CCCCNC(=O)C(Cc1ccccc1)N(Cc1ccc(F)cc1)C(=O)CN(c1cc(C)cc(C)c1)S(C)(=O)=O. The third-order valence-electron chi connectivity index (χ3n) is 6.54. The molecule has 3 aromatic rings. The number of hydrogen-bond acceptors (Lipinski definition) is 4. The van der Waals surface area contributed by atoms with Crippen molar-refractivity contribution in [3.63, 3.8) is 0 Å². The Morgan fingerprint density at radius 1 is 0.925 bits per heavy atom. The third kappa shape index (κ3) is 8.91. The van der Waals surface area contributed by atoms with Crippen molar-refractivity contribution in [1.29, 1.82) is 0 Å². The van der Waals surface area contributed by atoms with Gasteiger partial charge in [-0.15, -0.1) is 0 Å². The summed E-state index contributed by atoms with van der Waals surface area (Å²) in [5.74, 6) is -1.29. The van der Waals surface area contributed by atoms with Crippen molar-refractivity contribution in [2.75, 3.05) is 23.7 Å². The van der Waals surface area contributed by atoms with E-state index >= 15 is 0 Å². The van der Waals surface area contributed by atoms with Gasteiger partial charge in [0.25, 0.3) is 0 Å². The topological polar surface area (TPSA) is 86.8 Å². The van der Waals surface area contributed by atoms with Gasteiger partial charge in [-0.2, -0.15) is 0 Å². The highest BCUT2D eigenvalue weighted by Gasteiger charge is 2.33. The Morgan fingerprint density at radius 2 is 1.55 bits per heavy atom. The Balaban J connectivity index is 2.04. The number of halogens is 1. The van der Waals surface area contributed by atoms with Crippen LogP contribution in [-0.2, 0) is 32.6 Å². The van der Waals surface area contributed by atoms with E-state index in [9.17, 15) is 22.4 Å². The number of aryl methyl sites for hydroxylation is 2. The lowest BCUT2D eigenvalue weighted by molar-refractivity contribution is -0.140. The minimum absolute atomic E-state index is 0.00224. The van der Waals surface area contributed by atoms with Crippen molar-refractivity contribution >= 4 is 27.5 Å². The van der Waals surface area contributed by atoms with Gasteiger partial charge >= 0.3 is 0 Å². The molecular formula is C31H38FN3O4S. The fraction of sp³-hybridized carbons (Fsp3) is 0.355. The summed E-state index contributed by atoms with van der Waals surface area (Å²) < 4.78 is 40.6. The first kappa shape index (κ1) is 30.8. The molecule has 0 radical (unpaired) electrons. The summed E-state index contributed by atoms with van der Waals surface area (Å²) in [4.78, 5) is 29.0. The van der Waals surface area contributed by atoms with E-state index in [1.54, 1.807) is 24.3 Å². The molecule has 1 N–H and O–H groups in total. The van der Waals surface area contributed by atoms with Crippen molar-refractivity contribution in [3.05, 3.63) is 101 Å². The van der Waals surface area contributed by atoms with Crippen LogP contribution < -0.4 is 9.62 Å². The number of nitrogens with zero attached hydrogens (tertiary/aromatic N) is 2. The average molecular weight is 568 g/mol. The quantitative estimate of drug-likeness (QED) is 0.302. The second kappa shape index (κ2) is 14.1. The Morgan fingerprint density at radius 3 is 2.12 bits per heavy atom. The lowest BCUT2D eigenvalue weighted by Crippen LogP contribution is -2.53. The van der Waals surface area contributed by atoms with Crippen LogP contribution in [0.5, 0.6) is 0 Å². The number of carbonyl (C=O) groups is 2. The van der Waals surface area contributed by atoms with Crippen LogP contribution >= 0.6 is 0 Å². The van der Waals surface area contributed by atoms with E-state index in [1.807, 2.05) is 57.2 Å². The van der Waals surface area contributed by atoms with Crippen LogP contribution in [0.2, 0.25) is 0 Å². The molecule has 1 atom stereocenters. The van der Waals surface area contributed by atoms with Gasteiger partial charge in [-0.3, -0.25) is 13.9 Å². The standard InChI is InChI=1S/C31H38FN3O4S/c1-5-6-16-33-31(37)29(20-25-10-8-7-9-11-25)34(21-26-12-14-27(32)15-13-26)30(36)22-35(40(4,38)39)28-18-23(2)17-24(3)19-28/h7-15,17-19,29H,5-6,16,20-22H2,1-4H3,(H,33,37). The average Bonchev–Trinajstić information content (AvgIpc) is 2.89. The van der Waals surface area contributed by atoms with Crippen molar-refractivity contribution in [2.45, 2.75) is 52.6 Å². The van der Waals surface area contributed by atoms with E-state index in [4.69, 9.17) is 0 Å². The number of benzene rings is 3. The number of amides is 2. The van der Waals surface area contributed by atoms with Gasteiger partial charge in [-0.1, -0.05) is 61.9 Å². The number of sulfonamides is 1. The predicted molar refractivity (Wildman–Crippen MR) is 157 cm³/mol. The second-order valence-corrected chi connectivity index (χ2v) is 12.0. The highest BCUT2D eigenvalue weighted by molar-refractivity contribution is 7.92. The number of hydrogen-bond donors (Lipinski definition) is 1. The molecular weight excluding hydrogens is 529 g/mol. The molecule has 0 spiro atoms. The second-order valence-electron chi connectivity index (χ2n) is 10.1. The maximum Gasteiger partial charge on any atom is 0.244 e. The van der Waals surface area contributed by atoms with E-state index in [0.29, 0.717) is 17.8 Å². The lowest BCUT2D eigenvalue weighted by Gasteiger charge is -2.33. The maximum absolute atomic E-state index is 14.0. The fourth-order valence-corrected chi connectivity index (χ4v) is 5.39. The molecule has 0 bridgehead atoms. The van der Waals surface area contributed by atoms with Gasteiger partial charge in [0.2, 0.25) is 21.8 Å². The van der Waals surface area contributed by atoms with E-state index in [2.05, 4.69) is 5.32 Å². The molecule has 0 aliphatic carbocycles. The predicted octanol–water partition coefficient (Wildman–Crippen LogP) is 4.76. The minimum Gasteiger partial charge on any atom is -0.354 e. The molecule has 214 valence electrons. The summed E-state index contributed by atoms with van der Waals surface area (Å²) in [6.45, 7) is 5.70. The molecule has 0 saturated heterocycles. The number of unbranched alkanes of at least 4 members (excludes halogenated alkanes) is 1. The lowest BCUT2D eigenvalue weighted by atomic mass is 10.0. The molecule has 7 nitrogen and oxygen atoms in total. The Bertz CT molecular complexity index is 1380. The first-order chi connectivity index (χ1) is 19.0. The largest absolute Gasteiger partial charge is 0.354 e. The summed E-state index contributed by atoms with van der Waals surface area (Å²) in [5.41, 5.74) is 3.56. The molecule has 3 rings (SSSR count). The van der Waals surface area contributed by atoms with Crippen LogP contribution in [0.1, 0.15) is 42.0 Å². The zero-order chi connectivity index (χ0) is 29.3. The number of carbonyl (C=O) groups excluding carboxylic acids is 2. The van der Waals surface area contributed by atoms with E-state index in [-0.39, 0.29) is 18.9 Å². The zero-order valence-corrected chi connectivity index (χ0v) is 24.4. The van der Waals surface area contributed by atoms with Crippen LogP contribution in [0.25, 0.3) is 0 Å². The normalized spacial score (nSPS) is 12.0. The van der Waals surface area contributed by atoms with Crippen molar-refractivity contribution in [2.24, 2.45) is 0 Å². The molecule has 0 saturated carbocycles. The minimum atomic E-state index is -3.85. The Kier molecular flexibility index (Phi) is 10.8. The highest BCUT2D eigenvalue weighted by atomic mass is 32.2. The first-order valence-corrected chi connectivity index (χ1v) is 15.2. The zero-order valence-electron chi connectivity index (χ0n) is 23.6. The monoisotopic (exact) mass is 567 g/mol. The van der Waals surface area contributed by atoms with Crippen molar-refractivity contribution in [1.82, 2.24) is 10.2 Å². The molecule has 0 aliphatic rings. The summed E-state index contributed by atoms with van der Waals surface area (Å²) >= 11 is 0. The van der Waals surface area contributed by atoms with Gasteiger partial charge in [0.1, 0.15) is 18.4 Å². The van der Waals surface area contributed by atoms with Crippen LogP contribution in [0.4, 0.5) is 10.1 Å². The van der Waals surface area contributed by atoms with E-state index in [0.717, 1.165) is 40.1 Å². The molecule has 1 unspecified atom stereocenters. The smallest absolute Gasteiger partial charge is 0.244 e. The summed E-state index contributed by atoms with van der Waals surface area (Å²) in [7, 11) is -3.85. The van der Waals surface area contributed by atoms with Crippen LogP contribution in [0.3, 0.4) is 0 Å². The van der Waals surface area contributed by atoms with Crippen molar-refractivity contribution < 1.29 is 22.4 Å².